The molecule has 0 atom stereocenters. The molecule has 35 heavy (non-hydrogen) atoms. The summed E-state index contributed by atoms with van der Waals surface area (Å²) >= 11 is 0. The standard InChI is InChI=1S/C28H34N4O3/c1-4-34-25-11-9-21(18-26(25)35-5-2)19-29-28(33)22-13-15-32(16-14-22)27-12-10-24(30-31-27)23-8-6-7-20(3)17-23/h6-12,17-18,22H,4-5,13-16,19H2,1-3H3,(H,29,33). The molecule has 1 aromatic heterocycles. The molecule has 1 saturated heterocycles. The Labute approximate surface area is 207 Å². The lowest BCUT2D eigenvalue weighted by atomic mass is 9.96. The lowest BCUT2D eigenvalue weighted by molar-refractivity contribution is -0.125. The van der Waals surface area contributed by atoms with Crippen LogP contribution in [-0.4, -0.2) is 42.4 Å². The third-order valence-electron chi connectivity index (χ3n) is 6.23. The third-order valence-corrected chi connectivity index (χ3v) is 6.23. The maximum Gasteiger partial charge on any atom is 0.223 e. The average molecular weight is 475 g/mol. The van der Waals surface area contributed by atoms with Gasteiger partial charge in [0.1, 0.15) is 0 Å². The van der Waals surface area contributed by atoms with Gasteiger partial charge in [0.25, 0.3) is 0 Å². The van der Waals surface area contributed by atoms with Crippen molar-refractivity contribution >= 4 is 11.7 Å². The molecular weight excluding hydrogens is 440 g/mol. The van der Waals surface area contributed by atoms with Gasteiger partial charge in [0, 0.05) is 31.1 Å². The molecule has 2 heterocycles. The minimum Gasteiger partial charge on any atom is -0.490 e. The molecule has 1 amide bonds. The van der Waals surface area contributed by atoms with Crippen molar-refractivity contribution in [3.05, 3.63) is 65.7 Å². The van der Waals surface area contributed by atoms with Gasteiger partial charge in [-0.1, -0.05) is 29.8 Å². The summed E-state index contributed by atoms with van der Waals surface area (Å²) in [5, 5.41) is 12.0. The zero-order chi connectivity index (χ0) is 24.6. The molecule has 1 N–H and O–H groups in total. The summed E-state index contributed by atoms with van der Waals surface area (Å²) in [5.74, 6) is 2.39. The van der Waals surface area contributed by atoms with Crippen LogP contribution in [0.2, 0.25) is 0 Å². The number of anilines is 1. The van der Waals surface area contributed by atoms with Crippen molar-refractivity contribution in [1.82, 2.24) is 15.5 Å². The molecule has 0 radical (unpaired) electrons. The van der Waals surface area contributed by atoms with E-state index in [9.17, 15) is 4.79 Å². The van der Waals surface area contributed by atoms with Gasteiger partial charge in [-0.3, -0.25) is 4.79 Å². The first-order chi connectivity index (χ1) is 17.1. The molecule has 0 unspecified atom stereocenters. The van der Waals surface area contributed by atoms with Crippen molar-refractivity contribution in [1.29, 1.82) is 0 Å². The van der Waals surface area contributed by atoms with Gasteiger partial charge < -0.3 is 19.7 Å². The number of nitrogens with zero attached hydrogens (tertiary/aromatic N) is 3. The Kier molecular flexibility index (Phi) is 8.19. The van der Waals surface area contributed by atoms with E-state index in [1.54, 1.807) is 0 Å². The Morgan fingerprint density at radius 2 is 1.74 bits per heavy atom. The van der Waals surface area contributed by atoms with Gasteiger partial charge >= 0.3 is 0 Å². The highest BCUT2D eigenvalue weighted by Gasteiger charge is 2.25. The molecule has 0 spiro atoms. The van der Waals surface area contributed by atoms with Gasteiger partial charge in [0.15, 0.2) is 17.3 Å². The minimum absolute atomic E-state index is 0.000151. The van der Waals surface area contributed by atoms with Crippen LogP contribution in [0.15, 0.2) is 54.6 Å². The Morgan fingerprint density at radius 1 is 0.971 bits per heavy atom. The van der Waals surface area contributed by atoms with Crippen LogP contribution in [0.5, 0.6) is 11.5 Å². The van der Waals surface area contributed by atoms with Crippen molar-refractivity contribution in [2.45, 2.75) is 40.2 Å². The Balaban J connectivity index is 1.28. The first kappa shape index (κ1) is 24.5. The van der Waals surface area contributed by atoms with E-state index in [4.69, 9.17) is 9.47 Å². The molecule has 1 aliphatic rings. The van der Waals surface area contributed by atoms with E-state index in [-0.39, 0.29) is 11.8 Å². The number of rotatable bonds is 9. The molecule has 1 aliphatic heterocycles. The number of carbonyl (C=O) groups excluding carboxylic acids is 1. The minimum atomic E-state index is -0.000151. The number of benzene rings is 2. The fourth-order valence-electron chi connectivity index (χ4n) is 4.36. The molecule has 1 fully saturated rings. The normalized spacial score (nSPS) is 14.0. The lowest BCUT2D eigenvalue weighted by Crippen LogP contribution is -2.40. The van der Waals surface area contributed by atoms with Gasteiger partial charge in [-0.05, 0) is 69.5 Å². The SMILES string of the molecule is CCOc1ccc(CNC(=O)C2CCN(c3ccc(-c4cccc(C)c4)nn3)CC2)cc1OCC. The molecule has 2 aromatic carbocycles. The van der Waals surface area contributed by atoms with Crippen LogP contribution in [0, 0.1) is 12.8 Å². The smallest absolute Gasteiger partial charge is 0.223 e. The second-order valence-electron chi connectivity index (χ2n) is 8.77. The fourth-order valence-corrected chi connectivity index (χ4v) is 4.36. The number of carbonyl (C=O) groups is 1. The summed E-state index contributed by atoms with van der Waals surface area (Å²) in [4.78, 5) is 15.0. The van der Waals surface area contributed by atoms with E-state index in [0.29, 0.717) is 25.5 Å². The van der Waals surface area contributed by atoms with Crippen LogP contribution in [-0.2, 0) is 11.3 Å². The summed E-state index contributed by atoms with van der Waals surface area (Å²) in [6.07, 6.45) is 1.58. The highest BCUT2D eigenvalue weighted by Crippen LogP contribution is 2.29. The van der Waals surface area contributed by atoms with Crippen molar-refractivity contribution in [3.8, 4) is 22.8 Å². The fraction of sp³-hybridized carbons (Fsp3) is 0.393. The first-order valence-electron chi connectivity index (χ1n) is 12.4. The van der Waals surface area contributed by atoms with Crippen molar-refractivity contribution in [2.75, 3.05) is 31.2 Å². The van der Waals surface area contributed by atoms with E-state index in [2.05, 4.69) is 39.5 Å². The Hall–Kier alpha value is -3.61. The summed E-state index contributed by atoms with van der Waals surface area (Å²) in [5.41, 5.74) is 4.13. The molecule has 0 saturated carbocycles. The number of ether oxygens (including phenoxy) is 2. The first-order valence-corrected chi connectivity index (χ1v) is 12.4. The predicted octanol–water partition coefficient (Wildman–Crippen LogP) is 4.78. The van der Waals surface area contributed by atoms with E-state index in [1.165, 1.54) is 5.56 Å². The van der Waals surface area contributed by atoms with Crippen LogP contribution in [0.4, 0.5) is 5.82 Å². The van der Waals surface area contributed by atoms with Crippen molar-refractivity contribution < 1.29 is 14.3 Å². The van der Waals surface area contributed by atoms with Gasteiger partial charge in [0.05, 0.1) is 18.9 Å². The monoisotopic (exact) mass is 474 g/mol. The van der Waals surface area contributed by atoms with Gasteiger partial charge in [-0.25, -0.2) is 0 Å². The zero-order valence-electron chi connectivity index (χ0n) is 20.8. The largest absolute Gasteiger partial charge is 0.490 e. The average Bonchev–Trinajstić information content (AvgIpc) is 2.89. The zero-order valence-corrected chi connectivity index (χ0v) is 20.8. The molecule has 0 aliphatic carbocycles. The van der Waals surface area contributed by atoms with Crippen molar-refractivity contribution in [3.63, 3.8) is 0 Å². The van der Waals surface area contributed by atoms with Gasteiger partial charge in [-0.2, -0.15) is 0 Å². The van der Waals surface area contributed by atoms with E-state index in [1.807, 2.05) is 56.3 Å². The summed E-state index contributed by atoms with van der Waals surface area (Å²) in [7, 11) is 0. The van der Waals surface area contributed by atoms with E-state index in [0.717, 1.165) is 54.3 Å². The van der Waals surface area contributed by atoms with Crippen LogP contribution in [0.1, 0.15) is 37.8 Å². The topological polar surface area (TPSA) is 76.6 Å². The molecule has 7 heteroatoms. The molecule has 3 aromatic rings. The van der Waals surface area contributed by atoms with Crippen LogP contribution in [0.25, 0.3) is 11.3 Å². The molecule has 7 nitrogen and oxygen atoms in total. The second kappa shape index (κ2) is 11.7. The van der Waals surface area contributed by atoms with Gasteiger partial charge in [-0.15, -0.1) is 10.2 Å². The van der Waals surface area contributed by atoms with E-state index >= 15 is 0 Å². The Morgan fingerprint density at radius 3 is 2.43 bits per heavy atom. The highest BCUT2D eigenvalue weighted by atomic mass is 16.5. The summed E-state index contributed by atoms with van der Waals surface area (Å²) in [6, 6.07) is 18.1. The second-order valence-corrected chi connectivity index (χ2v) is 8.77. The molecule has 184 valence electrons. The number of amides is 1. The number of piperidine rings is 1. The van der Waals surface area contributed by atoms with E-state index < -0.39 is 0 Å². The third kappa shape index (κ3) is 6.29. The highest BCUT2D eigenvalue weighted by molar-refractivity contribution is 5.79. The summed E-state index contributed by atoms with van der Waals surface area (Å²) in [6.45, 7) is 9.15. The summed E-state index contributed by atoms with van der Waals surface area (Å²) < 4.78 is 11.3. The number of aromatic nitrogens is 2. The number of nitrogens with one attached hydrogen (secondary N) is 1. The number of aryl methyl sites for hydroxylation is 1. The Bertz CT molecular complexity index is 1130. The lowest BCUT2D eigenvalue weighted by Gasteiger charge is -2.31. The quantitative estimate of drug-likeness (QED) is 0.481. The molecule has 4 rings (SSSR count). The number of hydrogen-bond acceptors (Lipinski definition) is 6. The maximum absolute atomic E-state index is 12.8. The van der Waals surface area contributed by atoms with Crippen molar-refractivity contribution in [2.24, 2.45) is 5.92 Å². The molecular formula is C28H34N4O3. The number of hydrogen-bond donors (Lipinski definition) is 1. The van der Waals surface area contributed by atoms with Gasteiger partial charge in [0.2, 0.25) is 5.91 Å². The van der Waals surface area contributed by atoms with Crippen LogP contribution < -0.4 is 19.7 Å². The molecule has 0 bridgehead atoms. The predicted molar refractivity (Wildman–Crippen MR) is 138 cm³/mol. The maximum atomic E-state index is 12.8. The van der Waals surface area contributed by atoms with Crippen LogP contribution >= 0.6 is 0 Å². The van der Waals surface area contributed by atoms with Crippen LogP contribution in [0.3, 0.4) is 0 Å².